The van der Waals surface area contributed by atoms with E-state index in [-0.39, 0.29) is 17.2 Å². The lowest BCUT2D eigenvalue weighted by molar-refractivity contribution is 0.403. The van der Waals surface area contributed by atoms with Gasteiger partial charge in [-0.15, -0.1) is 0 Å². The molecule has 0 heterocycles. The maximum Gasteiger partial charge on any atom is 0.150 e. The molecule has 1 aromatic carbocycles. The predicted octanol–water partition coefficient (Wildman–Crippen LogP) is 3.37. The second-order valence-electron chi connectivity index (χ2n) is 6.68. The molecule has 1 N–H and O–H groups in total. The lowest BCUT2D eigenvalue weighted by Gasteiger charge is -2.25. The maximum absolute atomic E-state index is 11.9. The van der Waals surface area contributed by atoms with Crippen molar-refractivity contribution in [3.8, 4) is 0 Å². The smallest absolute Gasteiger partial charge is 0.150 e. The molecule has 21 heavy (non-hydrogen) atoms. The molecule has 0 radical (unpaired) electrons. The van der Waals surface area contributed by atoms with Gasteiger partial charge in [-0.05, 0) is 45.1 Å². The molecule has 0 amide bonds. The van der Waals surface area contributed by atoms with E-state index in [2.05, 4.69) is 38.2 Å². The van der Waals surface area contributed by atoms with Crippen molar-refractivity contribution in [2.24, 2.45) is 0 Å². The molecular formula is C17H29NO2S. The van der Waals surface area contributed by atoms with Crippen LogP contribution in [-0.4, -0.2) is 32.0 Å². The lowest BCUT2D eigenvalue weighted by atomic mass is 9.95. The molecule has 0 aliphatic heterocycles. The van der Waals surface area contributed by atoms with Gasteiger partial charge in [0.25, 0.3) is 0 Å². The van der Waals surface area contributed by atoms with Crippen molar-refractivity contribution >= 4 is 9.84 Å². The van der Waals surface area contributed by atoms with Crippen molar-refractivity contribution in [1.29, 1.82) is 0 Å². The van der Waals surface area contributed by atoms with Crippen LogP contribution in [0.1, 0.15) is 52.0 Å². The number of nitrogens with one attached hydrogen (secondary N) is 1. The Hall–Kier alpha value is -0.870. The third-order valence-corrected chi connectivity index (χ3v) is 5.33. The van der Waals surface area contributed by atoms with Gasteiger partial charge < -0.3 is 5.32 Å². The highest BCUT2D eigenvalue weighted by Crippen LogP contribution is 2.21. The molecule has 0 saturated carbocycles. The van der Waals surface area contributed by atoms with Gasteiger partial charge in [-0.1, -0.05) is 37.3 Å². The largest absolute Gasteiger partial charge is 0.311 e. The summed E-state index contributed by atoms with van der Waals surface area (Å²) in [7, 11) is -2.92. The van der Waals surface area contributed by atoms with Crippen molar-refractivity contribution in [2.75, 3.05) is 18.1 Å². The molecule has 0 fully saturated rings. The highest BCUT2D eigenvalue weighted by Gasteiger charge is 2.19. The Morgan fingerprint density at radius 3 is 2.24 bits per heavy atom. The monoisotopic (exact) mass is 311 g/mol. The summed E-state index contributed by atoms with van der Waals surface area (Å²) < 4.78 is 23.9. The van der Waals surface area contributed by atoms with E-state index in [1.807, 2.05) is 25.1 Å². The van der Waals surface area contributed by atoms with Crippen molar-refractivity contribution in [2.45, 2.75) is 52.0 Å². The van der Waals surface area contributed by atoms with Crippen molar-refractivity contribution in [1.82, 2.24) is 5.32 Å². The highest BCUT2D eigenvalue weighted by atomic mass is 32.2. The number of sulfone groups is 1. The van der Waals surface area contributed by atoms with Crippen LogP contribution in [0.15, 0.2) is 30.3 Å². The third-order valence-electron chi connectivity index (χ3n) is 3.44. The molecule has 1 rings (SSSR count). The first-order chi connectivity index (χ1) is 9.73. The van der Waals surface area contributed by atoms with Crippen LogP contribution in [0.25, 0.3) is 0 Å². The zero-order valence-corrected chi connectivity index (χ0v) is 14.5. The molecule has 0 bridgehead atoms. The molecular weight excluding hydrogens is 282 g/mol. The Kier molecular flexibility index (Phi) is 6.88. The number of rotatable bonds is 8. The number of benzene rings is 1. The fourth-order valence-electron chi connectivity index (χ4n) is 2.28. The van der Waals surface area contributed by atoms with Crippen LogP contribution in [0.4, 0.5) is 0 Å². The summed E-state index contributed by atoms with van der Waals surface area (Å²) in [5.41, 5.74) is 1.25. The SMILES string of the molecule is CCCS(=O)(=O)CCC(CNC(C)(C)C)c1ccccc1. The molecule has 120 valence electrons. The summed E-state index contributed by atoms with van der Waals surface area (Å²) in [6.45, 7) is 9.09. The summed E-state index contributed by atoms with van der Waals surface area (Å²) >= 11 is 0. The number of hydrogen-bond acceptors (Lipinski definition) is 3. The molecule has 1 aromatic rings. The number of hydrogen-bond donors (Lipinski definition) is 1. The van der Waals surface area contributed by atoms with Gasteiger partial charge in [-0.3, -0.25) is 0 Å². The Morgan fingerprint density at radius 2 is 1.71 bits per heavy atom. The summed E-state index contributed by atoms with van der Waals surface area (Å²) in [5.74, 6) is 0.796. The summed E-state index contributed by atoms with van der Waals surface area (Å²) in [6.07, 6.45) is 1.37. The van der Waals surface area contributed by atoms with Gasteiger partial charge in [0.05, 0.1) is 5.75 Å². The lowest BCUT2D eigenvalue weighted by Crippen LogP contribution is -2.39. The van der Waals surface area contributed by atoms with Gasteiger partial charge in [-0.2, -0.15) is 0 Å². The molecule has 0 aliphatic rings. The van der Waals surface area contributed by atoms with Crippen LogP contribution >= 0.6 is 0 Å². The zero-order valence-electron chi connectivity index (χ0n) is 13.7. The van der Waals surface area contributed by atoms with Gasteiger partial charge in [-0.25, -0.2) is 8.42 Å². The van der Waals surface area contributed by atoms with E-state index in [0.717, 1.165) is 6.54 Å². The van der Waals surface area contributed by atoms with E-state index in [0.29, 0.717) is 18.6 Å². The van der Waals surface area contributed by atoms with Crippen molar-refractivity contribution < 1.29 is 8.42 Å². The fraction of sp³-hybridized carbons (Fsp3) is 0.647. The first-order valence-electron chi connectivity index (χ1n) is 7.74. The average Bonchev–Trinajstić information content (AvgIpc) is 2.38. The maximum atomic E-state index is 11.9. The summed E-state index contributed by atoms with van der Waals surface area (Å²) in [6, 6.07) is 10.2. The molecule has 1 unspecified atom stereocenters. The Morgan fingerprint density at radius 1 is 1.10 bits per heavy atom. The van der Waals surface area contributed by atoms with Crippen LogP contribution in [0.2, 0.25) is 0 Å². The highest BCUT2D eigenvalue weighted by molar-refractivity contribution is 7.91. The van der Waals surface area contributed by atoms with Crippen LogP contribution in [0.3, 0.4) is 0 Å². The van der Waals surface area contributed by atoms with E-state index < -0.39 is 9.84 Å². The van der Waals surface area contributed by atoms with Gasteiger partial charge in [0.2, 0.25) is 0 Å². The van der Waals surface area contributed by atoms with E-state index in [4.69, 9.17) is 0 Å². The van der Waals surface area contributed by atoms with Gasteiger partial charge >= 0.3 is 0 Å². The quantitative estimate of drug-likeness (QED) is 0.800. The van der Waals surface area contributed by atoms with Crippen LogP contribution in [-0.2, 0) is 9.84 Å². The Bertz CT molecular complexity index is 503. The minimum atomic E-state index is -2.92. The Balaban J connectivity index is 2.74. The van der Waals surface area contributed by atoms with E-state index in [1.54, 1.807) is 0 Å². The fourth-order valence-corrected chi connectivity index (χ4v) is 3.75. The first kappa shape index (κ1) is 18.2. The summed E-state index contributed by atoms with van der Waals surface area (Å²) in [5, 5.41) is 3.49. The molecule has 4 heteroatoms. The van der Waals surface area contributed by atoms with Crippen LogP contribution in [0.5, 0.6) is 0 Å². The van der Waals surface area contributed by atoms with Crippen LogP contribution in [0, 0.1) is 0 Å². The minimum absolute atomic E-state index is 0.0370. The normalized spacial score (nSPS) is 14.1. The first-order valence-corrected chi connectivity index (χ1v) is 9.56. The molecule has 3 nitrogen and oxygen atoms in total. The molecule has 0 saturated heterocycles. The topological polar surface area (TPSA) is 46.2 Å². The molecule has 0 aliphatic carbocycles. The van der Waals surface area contributed by atoms with E-state index in [1.165, 1.54) is 5.56 Å². The van der Waals surface area contributed by atoms with E-state index in [9.17, 15) is 8.42 Å². The van der Waals surface area contributed by atoms with Gasteiger partial charge in [0.15, 0.2) is 0 Å². The van der Waals surface area contributed by atoms with Gasteiger partial charge in [0, 0.05) is 17.8 Å². The van der Waals surface area contributed by atoms with E-state index >= 15 is 0 Å². The Labute approximate surface area is 130 Å². The average molecular weight is 311 g/mol. The third kappa shape index (κ3) is 7.63. The second-order valence-corrected chi connectivity index (χ2v) is 8.98. The van der Waals surface area contributed by atoms with Crippen molar-refractivity contribution in [3.05, 3.63) is 35.9 Å². The standard InChI is InChI=1S/C17H29NO2S/c1-5-12-21(19,20)13-11-16(14-18-17(2,3)4)15-9-7-6-8-10-15/h6-10,16,18H,5,11-14H2,1-4H3. The summed E-state index contributed by atoms with van der Waals surface area (Å²) in [4.78, 5) is 0. The molecule has 1 atom stereocenters. The second kappa shape index (κ2) is 7.95. The minimum Gasteiger partial charge on any atom is -0.311 e. The predicted molar refractivity (Wildman–Crippen MR) is 90.5 cm³/mol. The molecule has 0 spiro atoms. The van der Waals surface area contributed by atoms with Crippen LogP contribution < -0.4 is 5.32 Å². The van der Waals surface area contributed by atoms with Gasteiger partial charge in [0.1, 0.15) is 9.84 Å². The zero-order chi connectivity index (χ0) is 15.9. The molecule has 0 aromatic heterocycles. The van der Waals surface area contributed by atoms with Crippen molar-refractivity contribution in [3.63, 3.8) is 0 Å².